The van der Waals surface area contributed by atoms with Gasteiger partial charge in [-0.2, -0.15) is 0 Å². The Kier molecular flexibility index (Phi) is 2.38. The monoisotopic (exact) mass is 168 g/mol. The molecule has 0 spiro atoms. The minimum atomic E-state index is -0.497. The van der Waals surface area contributed by atoms with Crippen LogP contribution in [-0.4, -0.2) is 29.9 Å². The fourth-order valence-electron chi connectivity index (χ4n) is 0.787. The molecule has 0 aromatic carbocycles. The van der Waals surface area contributed by atoms with Crippen molar-refractivity contribution in [1.29, 1.82) is 0 Å². The lowest BCUT2D eigenvalue weighted by Gasteiger charge is -2.08. The molecule has 0 fully saturated rings. The molecule has 0 aliphatic heterocycles. The molecular formula is C8H9FN2O. The second-order valence-corrected chi connectivity index (χ2v) is 2.59. The number of hydrogen-bond donors (Lipinski definition) is 0. The number of aromatic nitrogens is 1. The van der Waals surface area contributed by atoms with Crippen LogP contribution in [0.5, 0.6) is 0 Å². The molecule has 4 heteroatoms. The average Bonchev–Trinajstić information content (AvgIpc) is 2.03. The van der Waals surface area contributed by atoms with Crippen molar-refractivity contribution in [2.24, 2.45) is 0 Å². The topological polar surface area (TPSA) is 33.2 Å². The van der Waals surface area contributed by atoms with E-state index in [-0.39, 0.29) is 11.5 Å². The molecule has 1 aromatic rings. The Bertz CT molecular complexity index is 299. The lowest BCUT2D eigenvalue weighted by molar-refractivity contribution is 0.0826. The van der Waals surface area contributed by atoms with Crippen LogP contribution in [0.1, 0.15) is 10.4 Å². The number of amides is 1. The minimum absolute atomic E-state index is 0.248. The van der Waals surface area contributed by atoms with E-state index in [0.29, 0.717) is 0 Å². The molecule has 0 bridgehead atoms. The molecule has 0 atom stereocenters. The van der Waals surface area contributed by atoms with Crippen LogP contribution in [0.4, 0.5) is 4.39 Å². The lowest BCUT2D eigenvalue weighted by atomic mass is 10.2. The van der Waals surface area contributed by atoms with Gasteiger partial charge in [0.1, 0.15) is 5.82 Å². The Morgan fingerprint density at radius 1 is 1.50 bits per heavy atom. The molecule has 1 rings (SSSR count). The Balaban J connectivity index is 2.96. The van der Waals surface area contributed by atoms with Crippen LogP contribution in [0.25, 0.3) is 0 Å². The van der Waals surface area contributed by atoms with Crippen LogP contribution in [0.15, 0.2) is 18.5 Å². The maximum Gasteiger partial charge on any atom is 0.255 e. The van der Waals surface area contributed by atoms with Gasteiger partial charge in [0.25, 0.3) is 5.91 Å². The summed E-state index contributed by atoms with van der Waals surface area (Å²) in [6.07, 6.45) is 2.40. The quantitative estimate of drug-likeness (QED) is 0.624. The van der Waals surface area contributed by atoms with Crippen molar-refractivity contribution in [3.63, 3.8) is 0 Å². The standard InChI is InChI=1S/C8H9FN2O/c1-11(2)8(12)6-3-7(9)5-10-4-6/h3-5H,1-2H3. The van der Waals surface area contributed by atoms with E-state index in [4.69, 9.17) is 0 Å². The fourth-order valence-corrected chi connectivity index (χ4v) is 0.787. The molecule has 3 nitrogen and oxygen atoms in total. The molecule has 0 saturated heterocycles. The predicted molar refractivity (Wildman–Crippen MR) is 42.2 cm³/mol. The third-order valence-electron chi connectivity index (χ3n) is 1.36. The van der Waals surface area contributed by atoms with E-state index in [0.717, 1.165) is 12.3 Å². The zero-order chi connectivity index (χ0) is 9.14. The van der Waals surface area contributed by atoms with Gasteiger partial charge in [-0.3, -0.25) is 9.78 Å². The van der Waals surface area contributed by atoms with Crippen molar-refractivity contribution >= 4 is 5.91 Å². The minimum Gasteiger partial charge on any atom is -0.345 e. The highest BCUT2D eigenvalue weighted by molar-refractivity contribution is 5.93. The molecule has 0 radical (unpaired) electrons. The first kappa shape index (κ1) is 8.64. The summed E-state index contributed by atoms with van der Waals surface area (Å²) in [5.74, 6) is -0.746. The molecule has 0 saturated carbocycles. The Morgan fingerprint density at radius 3 is 2.67 bits per heavy atom. The SMILES string of the molecule is CN(C)C(=O)c1cncc(F)c1. The number of hydrogen-bond acceptors (Lipinski definition) is 2. The summed E-state index contributed by atoms with van der Waals surface area (Å²) in [4.78, 5) is 16.2. The van der Waals surface area contributed by atoms with Gasteiger partial charge in [0.05, 0.1) is 11.8 Å². The van der Waals surface area contributed by atoms with Crippen molar-refractivity contribution in [3.8, 4) is 0 Å². The number of carbonyl (C=O) groups is 1. The fraction of sp³-hybridized carbons (Fsp3) is 0.250. The molecule has 1 aromatic heterocycles. The van der Waals surface area contributed by atoms with E-state index in [9.17, 15) is 9.18 Å². The Labute approximate surface area is 69.8 Å². The van der Waals surface area contributed by atoms with Gasteiger partial charge in [0.15, 0.2) is 0 Å². The van der Waals surface area contributed by atoms with Crippen molar-refractivity contribution in [2.45, 2.75) is 0 Å². The van der Waals surface area contributed by atoms with E-state index >= 15 is 0 Å². The number of rotatable bonds is 1. The summed E-state index contributed by atoms with van der Waals surface area (Å²) >= 11 is 0. The van der Waals surface area contributed by atoms with Crippen LogP contribution in [0, 0.1) is 5.82 Å². The van der Waals surface area contributed by atoms with Crippen LogP contribution >= 0.6 is 0 Å². The number of pyridine rings is 1. The van der Waals surface area contributed by atoms with Crippen molar-refractivity contribution in [3.05, 3.63) is 29.8 Å². The smallest absolute Gasteiger partial charge is 0.255 e. The normalized spacial score (nSPS) is 9.58. The van der Waals surface area contributed by atoms with Gasteiger partial charge in [0, 0.05) is 20.3 Å². The molecule has 0 aliphatic rings. The van der Waals surface area contributed by atoms with Gasteiger partial charge in [-0.25, -0.2) is 4.39 Å². The third-order valence-corrected chi connectivity index (χ3v) is 1.36. The molecule has 0 unspecified atom stereocenters. The van der Waals surface area contributed by atoms with Gasteiger partial charge in [-0.1, -0.05) is 0 Å². The number of carbonyl (C=O) groups excluding carboxylic acids is 1. The van der Waals surface area contributed by atoms with E-state index in [1.54, 1.807) is 14.1 Å². The molecule has 1 amide bonds. The lowest BCUT2D eigenvalue weighted by Crippen LogP contribution is -2.21. The average molecular weight is 168 g/mol. The van der Waals surface area contributed by atoms with Crippen LogP contribution < -0.4 is 0 Å². The Morgan fingerprint density at radius 2 is 2.17 bits per heavy atom. The molecule has 12 heavy (non-hydrogen) atoms. The maximum atomic E-state index is 12.6. The van der Waals surface area contributed by atoms with Gasteiger partial charge in [-0.15, -0.1) is 0 Å². The third kappa shape index (κ3) is 1.78. The summed E-state index contributed by atoms with van der Waals surface area (Å²) in [6.45, 7) is 0. The van der Waals surface area contributed by atoms with E-state index in [2.05, 4.69) is 4.98 Å². The van der Waals surface area contributed by atoms with Gasteiger partial charge in [0.2, 0.25) is 0 Å². The van der Waals surface area contributed by atoms with E-state index in [1.807, 2.05) is 0 Å². The van der Waals surface area contributed by atoms with Gasteiger partial charge < -0.3 is 4.90 Å². The second kappa shape index (κ2) is 3.30. The number of nitrogens with zero attached hydrogens (tertiary/aromatic N) is 2. The van der Waals surface area contributed by atoms with Crippen LogP contribution in [0.3, 0.4) is 0 Å². The summed E-state index contributed by atoms with van der Waals surface area (Å²) in [6, 6.07) is 1.16. The van der Waals surface area contributed by atoms with Crippen molar-refractivity contribution in [2.75, 3.05) is 14.1 Å². The maximum absolute atomic E-state index is 12.6. The summed E-state index contributed by atoms with van der Waals surface area (Å²) < 4.78 is 12.6. The van der Waals surface area contributed by atoms with Crippen molar-refractivity contribution in [1.82, 2.24) is 9.88 Å². The summed E-state index contributed by atoms with van der Waals surface area (Å²) in [7, 11) is 3.21. The highest BCUT2D eigenvalue weighted by Crippen LogP contribution is 2.02. The summed E-state index contributed by atoms with van der Waals surface area (Å²) in [5.41, 5.74) is 0.264. The molecule has 64 valence electrons. The first-order valence-electron chi connectivity index (χ1n) is 3.43. The molecular weight excluding hydrogens is 159 g/mol. The van der Waals surface area contributed by atoms with Crippen LogP contribution in [0.2, 0.25) is 0 Å². The Hall–Kier alpha value is -1.45. The zero-order valence-electron chi connectivity index (χ0n) is 6.91. The predicted octanol–water partition coefficient (Wildman–Crippen LogP) is 0.922. The van der Waals surface area contributed by atoms with E-state index in [1.165, 1.54) is 11.1 Å². The molecule has 0 N–H and O–H groups in total. The van der Waals surface area contributed by atoms with Gasteiger partial charge in [-0.05, 0) is 6.07 Å². The van der Waals surface area contributed by atoms with E-state index < -0.39 is 5.82 Å². The highest BCUT2D eigenvalue weighted by atomic mass is 19.1. The summed E-state index contributed by atoms with van der Waals surface area (Å²) in [5, 5.41) is 0. The first-order valence-corrected chi connectivity index (χ1v) is 3.43. The highest BCUT2D eigenvalue weighted by Gasteiger charge is 2.08. The number of halogens is 1. The van der Waals surface area contributed by atoms with Crippen LogP contribution in [-0.2, 0) is 0 Å². The largest absolute Gasteiger partial charge is 0.345 e. The van der Waals surface area contributed by atoms with Crippen molar-refractivity contribution < 1.29 is 9.18 Å². The molecule has 0 aliphatic carbocycles. The zero-order valence-corrected chi connectivity index (χ0v) is 6.91. The van der Waals surface area contributed by atoms with Gasteiger partial charge >= 0.3 is 0 Å². The first-order chi connectivity index (χ1) is 5.61. The second-order valence-electron chi connectivity index (χ2n) is 2.59. The molecule has 1 heterocycles.